The van der Waals surface area contributed by atoms with E-state index in [9.17, 15) is 14.7 Å². The first-order valence-electron chi connectivity index (χ1n) is 14.0. The summed E-state index contributed by atoms with van der Waals surface area (Å²) in [6.07, 6.45) is 8.02. The van der Waals surface area contributed by atoms with Crippen LogP contribution in [0.3, 0.4) is 0 Å². The van der Waals surface area contributed by atoms with Crippen LogP contribution in [0.5, 0.6) is 5.75 Å². The monoisotopic (exact) mass is 522 g/mol. The third-order valence-electron chi connectivity index (χ3n) is 8.71. The molecule has 0 unspecified atom stereocenters. The van der Waals surface area contributed by atoms with Gasteiger partial charge in [-0.05, 0) is 72.1 Å². The highest BCUT2D eigenvalue weighted by molar-refractivity contribution is 6.05. The van der Waals surface area contributed by atoms with Gasteiger partial charge in [0.2, 0.25) is 11.8 Å². The lowest BCUT2D eigenvalue weighted by atomic mass is 9.68. The van der Waals surface area contributed by atoms with Crippen LogP contribution >= 0.6 is 0 Å². The molecule has 2 amide bonds. The lowest BCUT2D eigenvalue weighted by molar-refractivity contribution is -0.138. The van der Waals surface area contributed by atoms with Gasteiger partial charge in [0.25, 0.3) is 0 Å². The summed E-state index contributed by atoms with van der Waals surface area (Å²) in [5, 5.41) is 12.2. The predicted molar refractivity (Wildman–Crippen MR) is 151 cm³/mol. The summed E-state index contributed by atoms with van der Waals surface area (Å²) in [4.78, 5) is 31.9. The van der Waals surface area contributed by atoms with Gasteiger partial charge in [0.15, 0.2) is 0 Å². The van der Waals surface area contributed by atoms with Crippen LogP contribution in [-0.2, 0) is 14.3 Å². The van der Waals surface area contributed by atoms with E-state index in [1.54, 1.807) is 13.1 Å². The number of pyridine rings is 1. The zero-order chi connectivity index (χ0) is 27.1. The van der Waals surface area contributed by atoms with Crippen LogP contribution in [0.2, 0.25) is 0 Å². The Morgan fingerprint density at radius 1 is 1.05 bits per heavy atom. The van der Waals surface area contributed by atoms with E-state index in [1.165, 1.54) is 16.0 Å². The number of rotatable bonds is 7. The number of ether oxygens (including phenoxy) is 1. The quantitative estimate of drug-likeness (QED) is 0.304. The van der Waals surface area contributed by atoms with Gasteiger partial charge in [-0.1, -0.05) is 55.3 Å². The van der Waals surface area contributed by atoms with Gasteiger partial charge in [-0.15, -0.1) is 0 Å². The van der Waals surface area contributed by atoms with E-state index in [1.807, 2.05) is 54.7 Å². The summed E-state index contributed by atoms with van der Waals surface area (Å²) in [7, 11) is 1.62. The van der Waals surface area contributed by atoms with Crippen molar-refractivity contribution in [2.45, 2.75) is 45.1 Å². The maximum absolute atomic E-state index is 13.0. The lowest BCUT2D eigenvalue weighted by Crippen LogP contribution is -2.34. The summed E-state index contributed by atoms with van der Waals surface area (Å²) in [6, 6.07) is 17.5. The molecule has 0 radical (unpaired) electrons. The molecule has 200 valence electrons. The average Bonchev–Trinajstić information content (AvgIpc) is 3.48. The van der Waals surface area contributed by atoms with Gasteiger partial charge in [0.1, 0.15) is 5.75 Å². The molecule has 2 fully saturated rings. The highest BCUT2D eigenvalue weighted by atomic mass is 16.5. The normalized spacial score (nSPS) is 25.0. The number of amides is 2. The lowest BCUT2D eigenvalue weighted by Gasteiger charge is -2.32. The SMILES string of the molecule is CCCC1=C2[C@@H](CC/C(=C/c3ccc(O)c4ccccc34)c3ccccn3)OC[C@@H]2[C@@H]2C(=O)N(C)C(=O)[C@@H]2C1. The van der Waals surface area contributed by atoms with Crippen molar-refractivity contribution in [3.8, 4) is 5.75 Å². The molecule has 3 aromatic rings. The van der Waals surface area contributed by atoms with Crippen LogP contribution in [0.4, 0.5) is 0 Å². The Labute approximate surface area is 229 Å². The number of carbonyl (C=O) groups is 2. The predicted octanol–water partition coefficient (Wildman–Crippen LogP) is 6.01. The Morgan fingerprint density at radius 2 is 1.85 bits per heavy atom. The van der Waals surface area contributed by atoms with E-state index in [-0.39, 0.29) is 41.4 Å². The molecule has 6 heteroatoms. The number of phenolic OH excluding ortho intramolecular Hbond substituents is 1. The van der Waals surface area contributed by atoms with Crippen molar-refractivity contribution in [1.82, 2.24) is 9.88 Å². The number of nitrogens with zero attached hydrogens (tertiary/aromatic N) is 2. The minimum atomic E-state index is -0.294. The molecule has 0 bridgehead atoms. The number of fused-ring (bicyclic) bond motifs is 4. The molecule has 3 heterocycles. The van der Waals surface area contributed by atoms with Crippen LogP contribution < -0.4 is 0 Å². The van der Waals surface area contributed by atoms with Gasteiger partial charge in [-0.2, -0.15) is 0 Å². The number of hydrogen-bond acceptors (Lipinski definition) is 5. The van der Waals surface area contributed by atoms with E-state index < -0.39 is 0 Å². The Bertz CT molecular complexity index is 1490. The molecule has 1 N–H and O–H groups in total. The summed E-state index contributed by atoms with van der Waals surface area (Å²) in [5.74, 6) is -0.378. The minimum Gasteiger partial charge on any atom is -0.507 e. The number of allylic oxidation sites excluding steroid dienone is 2. The largest absolute Gasteiger partial charge is 0.507 e. The fourth-order valence-electron chi connectivity index (χ4n) is 6.90. The molecule has 6 rings (SSSR count). The van der Waals surface area contributed by atoms with Crippen LogP contribution in [0.25, 0.3) is 22.4 Å². The number of likely N-dealkylation sites (tertiary alicyclic amines) is 1. The van der Waals surface area contributed by atoms with Gasteiger partial charge in [0, 0.05) is 24.5 Å². The molecular weight excluding hydrogens is 488 g/mol. The number of hydrogen-bond donors (Lipinski definition) is 1. The van der Waals surface area contributed by atoms with E-state index in [2.05, 4.69) is 18.0 Å². The van der Waals surface area contributed by atoms with Crippen LogP contribution in [0, 0.1) is 17.8 Å². The zero-order valence-corrected chi connectivity index (χ0v) is 22.5. The zero-order valence-electron chi connectivity index (χ0n) is 22.5. The van der Waals surface area contributed by atoms with Crippen molar-refractivity contribution in [2.75, 3.05) is 13.7 Å². The van der Waals surface area contributed by atoms with Gasteiger partial charge < -0.3 is 9.84 Å². The van der Waals surface area contributed by atoms with Crippen molar-refractivity contribution >= 4 is 34.2 Å². The average molecular weight is 523 g/mol. The van der Waals surface area contributed by atoms with Crippen molar-refractivity contribution < 1.29 is 19.4 Å². The molecule has 2 aromatic carbocycles. The van der Waals surface area contributed by atoms with Crippen LogP contribution in [-0.4, -0.2) is 46.6 Å². The smallest absolute Gasteiger partial charge is 0.233 e. The third-order valence-corrected chi connectivity index (χ3v) is 8.71. The first kappa shape index (κ1) is 25.5. The Morgan fingerprint density at radius 3 is 2.62 bits per heavy atom. The second-order valence-corrected chi connectivity index (χ2v) is 11.0. The molecule has 0 saturated carbocycles. The van der Waals surface area contributed by atoms with Gasteiger partial charge >= 0.3 is 0 Å². The fourth-order valence-corrected chi connectivity index (χ4v) is 6.90. The van der Waals surface area contributed by atoms with Crippen molar-refractivity contribution in [3.05, 3.63) is 83.2 Å². The molecule has 1 aromatic heterocycles. The molecule has 0 spiro atoms. The van der Waals surface area contributed by atoms with Crippen LogP contribution in [0.1, 0.15) is 50.3 Å². The number of aromatic hydroxyl groups is 1. The second-order valence-electron chi connectivity index (χ2n) is 11.0. The summed E-state index contributed by atoms with van der Waals surface area (Å²) in [6.45, 7) is 2.66. The van der Waals surface area contributed by atoms with Crippen molar-refractivity contribution in [2.24, 2.45) is 17.8 Å². The number of imide groups is 1. The van der Waals surface area contributed by atoms with Gasteiger partial charge in [-0.3, -0.25) is 19.5 Å². The van der Waals surface area contributed by atoms with E-state index in [0.717, 1.165) is 53.3 Å². The third kappa shape index (κ3) is 4.47. The minimum absolute atomic E-state index is 0.0139. The molecular formula is C33H34N2O4. The fraction of sp³-hybridized carbons (Fsp3) is 0.364. The number of phenols is 1. The second kappa shape index (κ2) is 10.4. The Kier molecular flexibility index (Phi) is 6.81. The number of benzene rings is 2. The first-order chi connectivity index (χ1) is 19.0. The van der Waals surface area contributed by atoms with E-state index in [0.29, 0.717) is 13.0 Å². The molecule has 39 heavy (non-hydrogen) atoms. The van der Waals surface area contributed by atoms with Gasteiger partial charge in [-0.25, -0.2) is 0 Å². The first-order valence-corrected chi connectivity index (χ1v) is 14.0. The Hall–Kier alpha value is -3.77. The van der Waals surface area contributed by atoms with E-state index >= 15 is 0 Å². The number of carbonyl (C=O) groups excluding carboxylic acids is 2. The van der Waals surface area contributed by atoms with Crippen LogP contribution in [0.15, 0.2) is 71.9 Å². The van der Waals surface area contributed by atoms with Gasteiger partial charge in [0.05, 0.1) is 30.2 Å². The maximum Gasteiger partial charge on any atom is 0.233 e. The summed E-state index contributed by atoms with van der Waals surface area (Å²) >= 11 is 0. The molecule has 1 aliphatic carbocycles. The number of aromatic nitrogens is 1. The topological polar surface area (TPSA) is 79.7 Å². The standard InChI is InChI=1S/C33H34N2O4/c1-3-8-22-18-25-31(33(38)35(2)32(25)37)26-19-39-29(30(22)26)15-13-21(27-11-6-7-16-34-27)17-20-12-14-28(36)24-10-5-4-9-23(20)24/h4-7,9-12,14,16-17,25-26,29,31,36H,3,8,13,15,18-19H2,1-2H3/b21-17-/t25-,26+,29-,31-/m1/s1. The molecule has 6 nitrogen and oxygen atoms in total. The highest BCUT2D eigenvalue weighted by Gasteiger charge is 2.55. The molecule has 2 aliphatic heterocycles. The molecule has 4 atom stereocenters. The maximum atomic E-state index is 13.0. The molecule has 3 aliphatic rings. The highest BCUT2D eigenvalue weighted by Crippen LogP contribution is 2.50. The Balaban J connectivity index is 1.33. The van der Waals surface area contributed by atoms with Crippen molar-refractivity contribution in [3.63, 3.8) is 0 Å². The molecule has 2 saturated heterocycles. The summed E-state index contributed by atoms with van der Waals surface area (Å²) in [5.41, 5.74) is 5.62. The van der Waals surface area contributed by atoms with Crippen molar-refractivity contribution in [1.29, 1.82) is 0 Å². The van der Waals surface area contributed by atoms with E-state index in [4.69, 9.17) is 4.74 Å². The summed E-state index contributed by atoms with van der Waals surface area (Å²) < 4.78 is 6.41.